The van der Waals surface area contributed by atoms with Crippen molar-refractivity contribution in [3.63, 3.8) is 0 Å². The number of aromatic amines is 1. The third-order valence-electron chi connectivity index (χ3n) is 4.39. The average Bonchev–Trinajstić information content (AvgIpc) is 3.26. The molecule has 3 aromatic rings. The normalized spacial score (nSPS) is 16.0. The lowest BCUT2D eigenvalue weighted by Gasteiger charge is -2.11. The summed E-state index contributed by atoms with van der Waals surface area (Å²) in [5.41, 5.74) is 2.58. The van der Waals surface area contributed by atoms with Gasteiger partial charge in [-0.3, -0.25) is 19.4 Å². The monoisotopic (exact) mass is 352 g/mol. The van der Waals surface area contributed by atoms with Crippen LogP contribution in [-0.2, 0) is 13.0 Å². The second-order valence-corrected chi connectivity index (χ2v) is 6.82. The molecule has 0 fully saturated rings. The van der Waals surface area contributed by atoms with E-state index in [9.17, 15) is 9.59 Å². The van der Waals surface area contributed by atoms with Gasteiger partial charge in [0, 0.05) is 23.5 Å². The molecule has 1 aliphatic heterocycles. The summed E-state index contributed by atoms with van der Waals surface area (Å²) < 4.78 is 1.78. The molecule has 134 valence electrons. The Labute approximate surface area is 150 Å². The van der Waals surface area contributed by atoms with Gasteiger partial charge in [0.15, 0.2) is 5.69 Å². The number of amides is 2. The molecule has 0 saturated carbocycles. The molecule has 1 aliphatic rings. The Hall–Kier alpha value is -3.16. The van der Waals surface area contributed by atoms with Crippen LogP contribution < -0.4 is 10.6 Å². The van der Waals surface area contributed by atoms with E-state index in [0.29, 0.717) is 24.4 Å². The minimum absolute atomic E-state index is 0.0646. The lowest BCUT2D eigenvalue weighted by molar-refractivity contribution is 0.0922. The second-order valence-electron chi connectivity index (χ2n) is 6.82. The van der Waals surface area contributed by atoms with Gasteiger partial charge in [-0.05, 0) is 26.0 Å². The Balaban J connectivity index is 1.43. The summed E-state index contributed by atoms with van der Waals surface area (Å²) in [5.74, 6) is -0.388. The van der Waals surface area contributed by atoms with Crippen molar-refractivity contribution < 1.29 is 9.59 Å². The van der Waals surface area contributed by atoms with E-state index in [1.807, 2.05) is 38.1 Å². The van der Waals surface area contributed by atoms with Crippen LogP contribution in [-0.4, -0.2) is 43.9 Å². The molecule has 8 heteroatoms. The van der Waals surface area contributed by atoms with Crippen LogP contribution in [0, 0.1) is 0 Å². The number of rotatable bonds is 4. The number of fused-ring (bicyclic) bond motifs is 2. The summed E-state index contributed by atoms with van der Waals surface area (Å²) in [7, 11) is 0. The van der Waals surface area contributed by atoms with Crippen molar-refractivity contribution in [1.29, 1.82) is 0 Å². The first-order valence-corrected chi connectivity index (χ1v) is 8.63. The molecule has 1 aromatic carbocycles. The number of benzene rings is 1. The number of hydrogen-bond donors (Lipinski definition) is 3. The van der Waals surface area contributed by atoms with Gasteiger partial charge >= 0.3 is 0 Å². The number of nitrogens with one attached hydrogen (secondary N) is 3. The van der Waals surface area contributed by atoms with Crippen molar-refractivity contribution in [2.75, 3.05) is 0 Å². The fourth-order valence-electron chi connectivity index (χ4n) is 3.24. The Morgan fingerprint density at radius 3 is 2.85 bits per heavy atom. The van der Waals surface area contributed by atoms with Crippen LogP contribution in [0.5, 0.6) is 0 Å². The summed E-state index contributed by atoms with van der Waals surface area (Å²) in [4.78, 5) is 24.6. The van der Waals surface area contributed by atoms with E-state index in [0.717, 1.165) is 16.6 Å². The van der Waals surface area contributed by atoms with E-state index in [1.165, 1.54) is 0 Å². The van der Waals surface area contributed by atoms with Gasteiger partial charge in [0.2, 0.25) is 0 Å². The SMILES string of the molecule is CC(C)NC(=O)c1cc2n(n1)C[C@@H](NC(=O)c1n[nH]c3ccccc13)C2. The number of H-pyrrole nitrogens is 1. The van der Waals surface area contributed by atoms with Crippen LogP contribution in [0.4, 0.5) is 0 Å². The van der Waals surface area contributed by atoms with E-state index in [1.54, 1.807) is 10.7 Å². The van der Waals surface area contributed by atoms with Crippen molar-refractivity contribution in [2.45, 2.75) is 38.9 Å². The molecule has 1 atom stereocenters. The molecule has 0 bridgehead atoms. The van der Waals surface area contributed by atoms with Gasteiger partial charge in [0.1, 0.15) is 5.69 Å². The number of para-hydroxylation sites is 1. The topological polar surface area (TPSA) is 105 Å². The van der Waals surface area contributed by atoms with Gasteiger partial charge in [-0.2, -0.15) is 10.2 Å². The second kappa shape index (κ2) is 6.29. The zero-order valence-electron chi connectivity index (χ0n) is 14.6. The number of hydrogen-bond acceptors (Lipinski definition) is 4. The van der Waals surface area contributed by atoms with Crippen LogP contribution in [0.3, 0.4) is 0 Å². The molecule has 2 amide bonds. The maximum atomic E-state index is 12.6. The first-order valence-electron chi connectivity index (χ1n) is 8.63. The van der Waals surface area contributed by atoms with Crippen molar-refractivity contribution in [3.05, 3.63) is 47.4 Å². The molecule has 0 aliphatic carbocycles. The van der Waals surface area contributed by atoms with E-state index in [4.69, 9.17) is 0 Å². The predicted octanol–water partition coefficient (Wildman–Crippen LogP) is 1.25. The molecule has 4 rings (SSSR count). The van der Waals surface area contributed by atoms with Gasteiger partial charge in [-0.1, -0.05) is 18.2 Å². The molecular formula is C18H20N6O2. The van der Waals surface area contributed by atoms with Crippen LogP contribution >= 0.6 is 0 Å². The Bertz CT molecular complexity index is 963. The van der Waals surface area contributed by atoms with Crippen LogP contribution in [0.2, 0.25) is 0 Å². The van der Waals surface area contributed by atoms with E-state index < -0.39 is 0 Å². The number of aromatic nitrogens is 4. The lowest BCUT2D eigenvalue weighted by Crippen LogP contribution is -2.36. The highest BCUT2D eigenvalue weighted by Crippen LogP contribution is 2.18. The zero-order chi connectivity index (χ0) is 18.3. The zero-order valence-corrected chi connectivity index (χ0v) is 14.6. The molecule has 0 radical (unpaired) electrons. The predicted molar refractivity (Wildman–Crippen MR) is 95.9 cm³/mol. The summed E-state index contributed by atoms with van der Waals surface area (Å²) in [6.07, 6.45) is 0.635. The van der Waals surface area contributed by atoms with Gasteiger partial charge in [-0.15, -0.1) is 0 Å². The number of carbonyl (C=O) groups excluding carboxylic acids is 2. The van der Waals surface area contributed by atoms with Gasteiger partial charge in [-0.25, -0.2) is 0 Å². The largest absolute Gasteiger partial charge is 0.348 e. The highest BCUT2D eigenvalue weighted by molar-refractivity contribution is 6.04. The fraction of sp³-hybridized carbons (Fsp3) is 0.333. The smallest absolute Gasteiger partial charge is 0.272 e. The Morgan fingerprint density at radius 1 is 1.27 bits per heavy atom. The lowest BCUT2D eigenvalue weighted by atomic mass is 10.1. The molecule has 0 saturated heterocycles. The van der Waals surface area contributed by atoms with Crippen LogP contribution in [0.25, 0.3) is 10.9 Å². The quantitative estimate of drug-likeness (QED) is 0.657. The molecule has 3 heterocycles. The molecule has 8 nitrogen and oxygen atoms in total. The molecular weight excluding hydrogens is 332 g/mol. The first kappa shape index (κ1) is 16.3. The van der Waals surface area contributed by atoms with Crippen molar-refractivity contribution in [1.82, 2.24) is 30.6 Å². The summed E-state index contributed by atoms with van der Waals surface area (Å²) in [5, 5.41) is 18.0. The maximum absolute atomic E-state index is 12.6. The number of nitrogens with zero attached hydrogens (tertiary/aromatic N) is 3. The standard InChI is InChI=1S/C18H20N6O2/c1-10(2)19-17(25)15-8-12-7-11(9-24(12)23-15)20-18(26)16-13-5-3-4-6-14(13)21-22-16/h3-6,8,10-11H,7,9H2,1-2H3,(H,19,25)(H,20,26)(H,21,22)/t11-/m0/s1. The van der Waals surface area contributed by atoms with E-state index >= 15 is 0 Å². The highest BCUT2D eigenvalue weighted by Gasteiger charge is 2.27. The van der Waals surface area contributed by atoms with E-state index in [2.05, 4.69) is 25.9 Å². The fourth-order valence-corrected chi connectivity index (χ4v) is 3.24. The van der Waals surface area contributed by atoms with Gasteiger partial charge in [0.05, 0.1) is 18.1 Å². The average molecular weight is 352 g/mol. The van der Waals surface area contributed by atoms with Gasteiger partial charge < -0.3 is 10.6 Å². The van der Waals surface area contributed by atoms with Crippen molar-refractivity contribution >= 4 is 22.7 Å². The van der Waals surface area contributed by atoms with Crippen molar-refractivity contribution in [2.24, 2.45) is 0 Å². The minimum Gasteiger partial charge on any atom is -0.348 e. The maximum Gasteiger partial charge on any atom is 0.272 e. The molecule has 2 aromatic heterocycles. The van der Waals surface area contributed by atoms with Gasteiger partial charge in [0.25, 0.3) is 11.8 Å². The number of carbonyl (C=O) groups is 2. The van der Waals surface area contributed by atoms with Crippen LogP contribution in [0.15, 0.2) is 30.3 Å². The molecule has 26 heavy (non-hydrogen) atoms. The summed E-state index contributed by atoms with van der Waals surface area (Å²) in [6.45, 7) is 4.36. The van der Waals surface area contributed by atoms with Crippen molar-refractivity contribution in [3.8, 4) is 0 Å². The third kappa shape index (κ3) is 2.94. The van der Waals surface area contributed by atoms with Crippen LogP contribution in [0.1, 0.15) is 40.5 Å². The molecule has 3 N–H and O–H groups in total. The third-order valence-corrected chi connectivity index (χ3v) is 4.39. The minimum atomic E-state index is -0.212. The van der Waals surface area contributed by atoms with E-state index in [-0.39, 0.29) is 23.9 Å². The highest BCUT2D eigenvalue weighted by atomic mass is 16.2. The summed E-state index contributed by atoms with van der Waals surface area (Å²) >= 11 is 0. The molecule has 0 unspecified atom stereocenters. The Kier molecular flexibility index (Phi) is 3.95. The molecule has 0 spiro atoms. The first-order chi connectivity index (χ1) is 12.5. The summed E-state index contributed by atoms with van der Waals surface area (Å²) in [6, 6.07) is 9.31. The Morgan fingerprint density at radius 2 is 2.08 bits per heavy atom.